The van der Waals surface area contributed by atoms with Gasteiger partial charge in [0, 0.05) is 6.61 Å². The Bertz CT molecular complexity index is 112. The Morgan fingerprint density at radius 1 is 1.50 bits per heavy atom. The molecule has 2 heteroatoms. The van der Waals surface area contributed by atoms with Gasteiger partial charge in [0.15, 0.2) is 0 Å². The van der Waals surface area contributed by atoms with Gasteiger partial charge in [0.2, 0.25) is 0 Å². The Kier molecular flexibility index (Phi) is 4.62. The Balaban J connectivity index is 1.84. The molecule has 2 nitrogen and oxygen atoms in total. The molecule has 0 aromatic rings. The summed E-state index contributed by atoms with van der Waals surface area (Å²) in [6.07, 6.45) is 4.35. The Morgan fingerprint density at radius 3 is 2.83 bits per heavy atom. The third kappa shape index (κ3) is 4.73. The quantitative estimate of drug-likeness (QED) is 0.590. The molecule has 1 atom stereocenters. The second-order valence-electron chi connectivity index (χ2n) is 3.73. The highest BCUT2D eigenvalue weighted by Crippen LogP contribution is 2.29. The van der Waals surface area contributed by atoms with E-state index >= 15 is 0 Å². The zero-order valence-corrected chi connectivity index (χ0v) is 8.31. The number of rotatable bonds is 7. The van der Waals surface area contributed by atoms with Crippen molar-refractivity contribution in [2.75, 3.05) is 19.7 Å². The molecule has 0 spiro atoms. The van der Waals surface area contributed by atoms with Gasteiger partial charge in [-0.25, -0.2) is 0 Å². The Morgan fingerprint density at radius 2 is 2.25 bits per heavy atom. The summed E-state index contributed by atoms with van der Waals surface area (Å²) in [7, 11) is 0. The first kappa shape index (κ1) is 10.0. The minimum absolute atomic E-state index is 0.435. The third-order valence-electron chi connectivity index (χ3n) is 2.29. The normalized spacial score (nSPS) is 19.5. The molecule has 1 unspecified atom stereocenters. The van der Waals surface area contributed by atoms with Gasteiger partial charge >= 0.3 is 0 Å². The molecule has 1 rings (SSSR count). The summed E-state index contributed by atoms with van der Waals surface area (Å²) in [5.41, 5.74) is 0. The van der Waals surface area contributed by atoms with Crippen molar-refractivity contribution in [2.24, 2.45) is 5.92 Å². The average molecular weight is 171 g/mol. The minimum atomic E-state index is 0.435. The van der Waals surface area contributed by atoms with Crippen molar-refractivity contribution < 1.29 is 4.74 Å². The monoisotopic (exact) mass is 171 g/mol. The van der Waals surface area contributed by atoms with Crippen LogP contribution in [0.4, 0.5) is 0 Å². The molecular weight excluding hydrogens is 150 g/mol. The Labute approximate surface area is 75.7 Å². The maximum absolute atomic E-state index is 5.67. The molecule has 0 bridgehead atoms. The highest BCUT2D eigenvalue weighted by Gasteiger charge is 2.21. The number of nitrogens with one attached hydrogen (secondary N) is 1. The minimum Gasteiger partial charge on any atom is -0.378 e. The lowest BCUT2D eigenvalue weighted by Crippen LogP contribution is -2.20. The van der Waals surface area contributed by atoms with Gasteiger partial charge in [0.25, 0.3) is 0 Å². The summed E-state index contributed by atoms with van der Waals surface area (Å²) < 4.78 is 5.67. The zero-order valence-electron chi connectivity index (χ0n) is 8.31. The van der Waals surface area contributed by atoms with Gasteiger partial charge in [-0.3, -0.25) is 0 Å². The van der Waals surface area contributed by atoms with E-state index < -0.39 is 0 Å². The lowest BCUT2D eigenvalue weighted by atomic mass is 10.3. The van der Waals surface area contributed by atoms with E-state index in [2.05, 4.69) is 19.2 Å². The molecular formula is C10H21NO. The van der Waals surface area contributed by atoms with Crippen LogP contribution in [0.2, 0.25) is 0 Å². The molecule has 1 fully saturated rings. The lowest BCUT2D eigenvalue weighted by molar-refractivity contribution is 0.0531. The molecule has 0 saturated heterocycles. The van der Waals surface area contributed by atoms with Crippen LogP contribution in [0.25, 0.3) is 0 Å². The highest BCUT2D eigenvalue weighted by molar-refractivity contribution is 4.72. The number of hydrogen-bond donors (Lipinski definition) is 1. The van der Waals surface area contributed by atoms with Crippen molar-refractivity contribution in [3.8, 4) is 0 Å². The molecule has 12 heavy (non-hydrogen) atoms. The van der Waals surface area contributed by atoms with Crippen LogP contribution in [0.1, 0.15) is 33.1 Å². The average Bonchev–Trinajstić information content (AvgIpc) is 2.84. The van der Waals surface area contributed by atoms with Gasteiger partial charge in [-0.1, -0.05) is 6.92 Å². The number of hydrogen-bond acceptors (Lipinski definition) is 2. The van der Waals surface area contributed by atoms with E-state index in [0.29, 0.717) is 6.10 Å². The van der Waals surface area contributed by atoms with Crippen LogP contribution >= 0.6 is 0 Å². The van der Waals surface area contributed by atoms with E-state index in [0.717, 1.165) is 32.0 Å². The van der Waals surface area contributed by atoms with Crippen molar-refractivity contribution in [2.45, 2.75) is 39.2 Å². The largest absolute Gasteiger partial charge is 0.378 e. The van der Waals surface area contributed by atoms with Crippen LogP contribution in [0.15, 0.2) is 0 Å². The predicted molar refractivity (Wildman–Crippen MR) is 51.3 cm³/mol. The predicted octanol–water partition coefficient (Wildman–Crippen LogP) is 1.80. The van der Waals surface area contributed by atoms with Crippen molar-refractivity contribution in [3.63, 3.8) is 0 Å². The van der Waals surface area contributed by atoms with Crippen LogP contribution in [0.5, 0.6) is 0 Å². The van der Waals surface area contributed by atoms with Gasteiger partial charge in [-0.2, -0.15) is 0 Å². The van der Waals surface area contributed by atoms with E-state index in [9.17, 15) is 0 Å². The molecule has 0 aromatic heterocycles. The molecule has 0 amide bonds. The summed E-state index contributed by atoms with van der Waals surface area (Å²) in [6, 6.07) is 0. The first-order valence-electron chi connectivity index (χ1n) is 5.15. The van der Waals surface area contributed by atoms with Gasteiger partial charge in [-0.15, -0.1) is 0 Å². The zero-order chi connectivity index (χ0) is 8.81. The molecule has 1 N–H and O–H groups in total. The van der Waals surface area contributed by atoms with E-state index in [4.69, 9.17) is 4.74 Å². The smallest absolute Gasteiger partial charge is 0.0559 e. The lowest BCUT2D eigenvalue weighted by Gasteiger charge is -2.12. The van der Waals surface area contributed by atoms with Crippen molar-refractivity contribution in [3.05, 3.63) is 0 Å². The summed E-state index contributed by atoms with van der Waals surface area (Å²) >= 11 is 0. The molecule has 1 aliphatic carbocycles. The van der Waals surface area contributed by atoms with Crippen LogP contribution in [0.3, 0.4) is 0 Å². The molecule has 72 valence electrons. The van der Waals surface area contributed by atoms with Gasteiger partial charge in [0.05, 0.1) is 6.10 Å². The molecule has 1 saturated carbocycles. The molecule has 1 aliphatic rings. The second kappa shape index (κ2) is 5.55. The molecule has 0 radical (unpaired) electrons. The van der Waals surface area contributed by atoms with E-state index in [1.165, 1.54) is 12.8 Å². The van der Waals surface area contributed by atoms with Gasteiger partial charge in [0.1, 0.15) is 0 Å². The maximum atomic E-state index is 5.67. The first-order chi connectivity index (χ1) is 5.83. The molecule has 0 aliphatic heterocycles. The summed E-state index contributed by atoms with van der Waals surface area (Å²) in [5, 5.41) is 3.30. The summed E-state index contributed by atoms with van der Waals surface area (Å²) in [4.78, 5) is 0. The Hall–Kier alpha value is -0.0800. The van der Waals surface area contributed by atoms with E-state index in [1.807, 2.05) is 0 Å². The van der Waals surface area contributed by atoms with Crippen LogP contribution in [-0.4, -0.2) is 25.8 Å². The second-order valence-corrected chi connectivity index (χ2v) is 3.73. The van der Waals surface area contributed by atoms with Gasteiger partial charge < -0.3 is 10.1 Å². The molecule has 0 aromatic carbocycles. The van der Waals surface area contributed by atoms with Crippen LogP contribution in [0, 0.1) is 5.92 Å². The van der Waals surface area contributed by atoms with Gasteiger partial charge in [-0.05, 0) is 45.2 Å². The van der Waals surface area contributed by atoms with Crippen molar-refractivity contribution in [1.29, 1.82) is 0 Å². The maximum Gasteiger partial charge on any atom is 0.0559 e. The number of ether oxygens (including phenoxy) is 1. The third-order valence-corrected chi connectivity index (χ3v) is 2.29. The summed E-state index contributed by atoms with van der Waals surface area (Å²) in [6.45, 7) is 7.44. The fourth-order valence-electron chi connectivity index (χ4n) is 1.15. The van der Waals surface area contributed by atoms with Crippen LogP contribution < -0.4 is 5.32 Å². The van der Waals surface area contributed by atoms with Crippen LogP contribution in [-0.2, 0) is 4.74 Å². The van der Waals surface area contributed by atoms with Crippen molar-refractivity contribution in [1.82, 2.24) is 5.32 Å². The highest BCUT2D eigenvalue weighted by atomic mass is 16.5. The summed E-state index contributed by atoms with van der Waals surface area (Å²) in [5.74, 6) is 0.895. The fourth-order valence-corrected chi connectivity index (χ4v) is 1.15. The van der Waals surface area contributed by atoms with E-state index in [1.54, 1.807) is 0 Å². The molecule has 0 heterocycles. The first-order valence-corrected chi connectivity index (χ1v) is 5.15. The van der Waals surface area contributed by atoms with E-state index in [-0.39, 0.29) is 0 Å². The standard InChI is InChI=1S/C10H21NO/c1-3-11-7-6-9(2)12-8-10-4-5-10/h9-11H,3-8H2,1-2H3. The SMILES string of the molecule is CCNCCC(C)OCC1CC1. The topological polar surface area (TPSA) is 21.3 Å². The fraction of sp³-hybridized carbons (Fsp3) is 1.00. The van der Waals surface area contributed by atoms with Crippen molar-refractivity contribution >= 4 is 0 Å².